The number of ether oxygens (including phenoxy) is 2. The third kappa shape index (κ3) is 3.99. The van der Waals surface area contributed by atoms with Crippen molar-refractivity contribution in [3.63, 3.8) is 0 Å². The van der Waals surface area contributed by atoms with Crippen LogP contribution in [0.4, 0.5) is 0 Å². The first-order valence-electron chi connectivity index (χ1n) is 7.17. The van der Waals surface area contributed by atoms with Gasteiger partial charge in [-0.3, -0.25) is 0 Å². The fourth-order valence-corrected chi connectivity index (χ4v) is 2.22. The van der Waals surface area contributed by atoms with Gasteiger partial charge in [0, 0.05) is 11.6 Å². The van der Waals surface area contributed by atoms with Crippen LogP contribution in [0.2, 0.25) is 0 Å². The normalized spacial score (nSPS) is 12.0. The maximum Gasteiger partial charge on any atom is 0.125 e. The average Bonchev–Trinajstić information content (AvgIpc) is 2.52. The van der Waals surface area contributed by atoms with Gasteiger partial charge in [-0.1, -0.05) is 23.8 Å². The number of hydrogen-bond donors (Lipinski definition) is 1. The highest BCUT2D eigenvalue weighted by Crippen LogP contribution is 2.23. The lowest BCUT2D eigenvalue weighted by atomic mass is 10.1. The van der Waals surface area contributed by atoms with Crippen molar-refractivity contribution in [1.29, 1.82) is 0 Å². The molecule has 0 aliphatic carbocycles. The van der Waals surface area contributed by atoms with Gasteiger partial charge in [0.25, 0.3) is 0 Å². The van der Waals surface area contributed by atoms with Crippen molar-refractivity contribution in [2.45, 2.75) is 26.5 Å². The lowest BCUT2D eigenvalue weighted by Crippen LogP contribution is -2.12. The summed E-state index contributed by atoms with van der Waals surface area (Å²) in [7, 11) is 3.64. The van der Waals surface area contributed by atoms with E-state index < -0.39 is 0 Å². The molecule has 112 valence electrons. The Morgan fingerprint density at radius 1 is 1.14 bits per heavy atom. The third-order valence-corrected chi connectivity index (χ3v) is 3.62. The van der Waals surface area contributed by atoms with E-state index >= 15 is 0 Å². The maximum atomic E-state index is 5.92. The Balaban J connectivity index is 2.11. The Kier molecular flexibility index (Phi) is 5.23. The second-order valence-corrected chi connectivity index (χ2v) is 5.19. The summed E-state index contributed by atoms with van der Waals surface area (Å²) in [6, 6.07) is 14.6. The highest BCUT2D eigenvalue weighted by atomic mass is 16.5. The number of aryl methyl sites for hydroxylation is 1. The molecule has 1 atom stereocenters. The van der Waals surface area contributed by atoms with Gasteiger partial charge in [-0.15, -0.1) is 0 Å². The predicted molar refractivity (Wildman–Crippen MR) is 86.0 cm³/mol. The van der Waals surface area contributed by atoms with E-state index in [2.05, 4.69) is 37.4 Å². The van der Waals surface area contributed by atoms with E-state index in [1.165, 1.54) is 11.1 Å². The lowest BCUT2D eigenvalue weighted by Gasteiger charge is -2.14. The van der Waals surface area contributed by atoms with Gasteiger partial charge < -0.3 is 14.8 Å². The standard InChI is InChI=1S/C18H23NO2/c1-13-8-9-18(20-4)16(10-13)12-21-17-7-5-6-15(11-17)14(2)19-3/h5-11,14,19H,12H2,1-4H3. The molecule has 0 spiro atoms. The van der Waals surface area contributed by atoms with Crippen LogP contribution in [0, 0.1) is 6.92 Å². The molecule has 0 bridgehead atoms. The molecule has 2 aromatic rings. The smallest absolute Gasteiger partial charge is 0.125 e. The van der Waals surface area contributed by atoms with E-state index in [9.17, 15) is 0 Å². The molecule has 1 N–H and O–H groups in total. The van der Waals surface area contributed by atoms with Crippen LogP contribution < -0.4 is 14.8 Å². The van der Waals surface area contributed by atoms with Gasteiger partial charge in [0.1, 0.15) is 18.1 Å². The quantitative estimate of drug-likeness (QED) is 0.874. The Morgan fingerprint density at radius 3 is 2.67 bits per heavy atom. The minimum absolute atomic E-state index is 0.307. The minimum Gasteiger partial charge on any atom is -0.496 e. The van der Waals surface area contributed by atoms with E-state index in [1.54, 1.807) is 7.11 Å². The van der Waals surface area contributed by atoms with Crippen LogP contribution in [0.5, 0.6) is 11.5 Å². The number of benzene rings is 2. The maximum absolute atomic E-state index is 5.92. The second-order valence-electron chi connectivity index (χ2n) is 5.19. The topological polar surface area (TPSA) is 30.5 Å². The molecule has 0 radical (unpaired) electrons. The number of nitrogens with one attached hydrogen (secondary N) is 1. The third-order valence-electron chi connectivity index (χ3n) is 3.62. The Morgan fingerprint density at radius 2 is 1.95 bits per heavy atom. The summed E-state index contributed by atoms with van der Waals surface area (Å²) in [4.78, 5) is 0. The van der Waals surface area contributed by atoms with Crippen LogP contribution in [-0.4, -0.2) is 14.2 Å². The van der Waals surface area contributed by atoms with Crippen LogP contribution in [0.1, 0.15) is 29.7 Å². The Labute approximate surface area is 126 Å². The molecule has 2 rings (SSSR count). The van der Waals surface area contributed by atoms with Crippen LogP contribution in [0.25, 0.3) is 0 Å². The van der Waals surface area contributed by atoms with Crippen molar-refractivity contribution in [3.05, 3.63) is 59.2 Å². The number of hydrogen-bond acceptors (Lipinski definition) is 3. The SMILES string of the molecule is CNC(C)c1cccc(OCc2cc(C)ccc2OC)c1. The highest BCUT2D eigenvalue weighted by molar-refractivity contribution is 5.37. The van der Waals surface area contributed by atoms with Gasteiger partial charge in [0.05, 0.1) is 7.11 Å². The molecule has 0 heterocycles. The molecule has 0 aliphatic heterocycles. The first-order chi connectivity index (χ1) is 10.1. The summed E-state index contributed by atoms with van der Waals surface area (Å²) < 4.78 is 11.3. The van der Waals surface area contributed by atoms with Gasteiger partial charge in [-0.2, -0.15) is 0 Å². The van der Waals surface area contributed by atoms with Gasteiger partial charge >= 0.3 is 0 Å². The van der Waals surface area contributed by atoms with Crippen molar-refractivity contribution in [2.75, 3.05) is 14.2 Å². The Bertz CT molecular complexity index is 596. The molecule has 0 amide bonds. The van der Waals surface area contributed by atoms with Crippen LogP contribution >= 0.6 is 0 Å². The molecule has 0 aliphatic rings. The van der Waals surface area contributed by atoms with Crippen molar-refractivity contribution in [1.82, 2.24) is 5.32 Å². The van der Waals surface area contributed by atoms with Crippen molar-refractivity contribution < 1.29 is 9.47 Å². The first-order valence-corrected chi connectivity index (χ1v) is 7.17. The summed E-state index contributed by atoms with van der Waals surface area (Å²) in [5, 5.41) is 3.23. The summed E-state index contributed by atoms with van der Waals surface area (Å²) in [6.07, 6.45) is 0. The zero-order valence-corrected chi connectivity index (χ0v) is 13.1. The average molecular weight is 285 g/mol. The molecule has 0 saturated carbocycles. The molecular formula is C18H23NO2. The number of methoxy groups -OCH3 is 1. The van der Waals surface area contributed by atoms with Crippen LogP contribution in [0.3, 0.4) is 0 Å². The van der Waals surface area contributed by atoms with E-state index in [0.29, 0.717) is 12.6 Å². The van der Waals surface area contributed by atoms with Gasteiger partial charge in [-0.05, 0) is 50.7 Å². The number of rotatable bonds is 6. The fourth-order valence-electron chi connectivity index (χ4n) is 2.22. The molecule has 21 heavy (non-hydrogen) atoms. The highest BCUT2D eigenvalue weighted by Gasteiger charge is 2.06. The predicted octanol–water partition coefficient (Wildman–Crippen LogP) is 3.86. The summed E-state index contributed by atoms with van der Waals surface area (Å²) in [5.41, 5.74) is 3.47. The first kappa shape index (κ1) is 15.4. The summed E-state index contributed by atoms with van der Waals surface area (Å²) >= 11 is 0. The molecule has 3 nitrogen and oxygen atoms in total. The van der Waals surface area contributed by atoms with Crippen molar-refractivity contribution >= 4 is 0 Å². The van der Waals surface area contributed by atoms with Crippen LogP contribution in [0.15, 0.2) is 42.5 Å². The van der Waals surface area contributed by atoms with Crippen LogP contribution in [-0.2, 0) is 6.61 Å². The molecule has 0 aromatic heterocycles. The van der Waals surface area contributed by atoms with E-state index in [-0.39, 0.29) is 0 Å². The largest absolute Gasteiger partial charge is 0.496 e. The zero-order valence-electron chi connectivity index (χ0n) is 13.1. The Hall–Kier alpha value is -2.00. The minimum atomic E-state index is 0.307. The van der Waals surface area contributed by atoms with E-state index in [0.717, 1.165) is 17.1 Å². The van der Waals surface area contributed by atoms with Gasteiger partial charge in [0.15, 0.2) is 0 Å². The molecule has 3 heteroatoms. The molecule has 2 aromatic carbocycles. The van der Waals surface area contributed by atoms with Crippen molar-refractivity contribution in [2.24, 2.45) is 0 Å². The molecular weight excluding hydrogens is 262 g/mol. The van der Waals surface area contributed by atoms with E-state index in [4.69, 9.17) is 9.47 Å². The molecule has 0 fully saturated rings. The summed E-state index contributed by atoms with van der Waals surface area (Å²) in [5.74, 6) is 1.73. The fraction of sp³-hybridized carbons (Fsp3) is 0.333. The van der Waals surface area contributed by atoms with E-state index in [1.807, 2.05) is 31.3 Å². The van der Waals surface area contributed by atoms with Gasteiger partial charge in [0.2, 0.25) is 0 Å². The lowest BCUT2D eigenvalue weighted by molar-refractivity contribution is 0.296. The molecule has 1 unspecified atom stereocenters. The molecule has 0 saturated heterocycles. The zero-order chi connectivity index (χ0) is 15.2. The monoisotopic (exact) mass is 285 g/mol. The summed E-state index contributed by atoms with van der Waals surface area (Å²) in [6.45, 7) is 4.70. The van der Waals surface area contributed by atoms with Crippen molar-refractivity contribution in [3.8, 4) is 11.5 Å². The van der Waals surface area contributed by atoms with Gasteiger partial charge in [-0.25, -0.2) is 0 Å². The second kappa shape index (κ2) is 7.14.